The van der Waals surface area contributed by atoms with Crippen molar-refractivity contribution in [1.82, 2.24) is 9.80 Å². The van der Waals surface area contributed by atoms with Crippen molar-refractivity contribution in [3.05, 3.63) is 40.8 Å². The Hall–Kier alpha value is -2.38. The molecule has 1 aromatic heterocycles. The Morgan fingerprint density at radius 1 is 1.19 bits per heavy atom. The van der Waals surface area contributed by atoms with Gasteiger partial charge in [-0.3, -0.25) is 0 Å². The first kappa shape index (κ1) is 17.1. The van der Waals surface area contributed by atoms with Crippen LogP contribution in [0.1, 0.15) is 10.4 Å². The zero-order valence-corrected chi connectivity index (χ0v) is 16.0. The van der Waals surface area contributed by atoms with Crippen molar-refractivity contribution in [2.75, 3.05) is 45.2 Å². The van der Waals surface area contributed by atoms with E-state index in [0.29, 0.717) is 0 Å². The number of hydrogen-bond acceptors (Lipinski definition) is 6. The molecule has 0 bridgehead atoms. The molecule has 136 valence electrons. The maximum absolute atomic E-state index is 12.6. The van der Waals surface area contributed by atoms with Crippen molar-refractivity contribution < 1.29 is 9.53 Å². The fourth-order valence-corrected chi connectivity index (χ4v) is 4.40. The number of para-hydroxylation sites is 2. The average molecular weight is 370 g/mol. The lowest BCUT2D eigenvalue weighted by atomic mass is 10.2. The number of nitrogens with zero attached hydrogens (tertiary/aromatic N) is 4. The number of rotatable bonds is 0. The van der Waals surface area contributed by atoms with Gasteiger partial charge in [0.2, 0.25) is 0 Å². The summed E-state index contributed by atoms with van der Waals surface area (Å²) in [5, 5.41) is 0.872. The minimum Gasteiger partial charge on any atom is -0.452 e. The van der Waals surface area contributed by atoms with Crippen LogP contribution in [0.15, 0.2) is 35.3 Å². The topological polar surface area (TPSA) is 48.4 Å². The minimum atomic E-state index is -0.393. The first-order valence-electron chi connectivity index (χ1n) is 8.68. The Kier molecular flexibility index (Phi) is 4.42. The number of methoxy groups -OCH3 is 1. The molecule has 7 heteroatoms. The van der Waals surface area contributed by atoms with Crippen LogP contribution < -0.4 is 4.90 Å². The highest BCUT2D eigenvalue weighted by molar-refractivity contribution is 7.16. The van der Waals surface area contributed by atoms with E-state index in [1.54, 1.807) is 16.2 Å². The highest BCUT2D eigenvalue weighted by Crippen LogP contribution is 2.44. The van der Waals surface area contributed by atoms with Gasteiger partial charge in [0.15, 0.2) is 0 Å². The van der Waals surface area contributed by atoms with E-state index < -0.39 is 6.09 Å². The van der Waals surface area contributed by atoms with Crippen LogP contribution in [0.25, 0.3) is 0 Å². The summed E-state index contributed by atoms with van der Waals surface area (Å²) in [6.45, 7) is 5.90. The number of thiophene rings is 1. The fraction of sp³-hybridized carbons (Fsp3) is 0.368. The number of carbonyl (C=O) groups is 1. The zero-order valence-electron chi connectivity index (χ0n) is 15.2. The predicted octanol–water partition coefficient (Wildman–Crippen LogP) is 3.60. The molecule has 2 aliphatic rings. The summed E-state index contributed by atoms with van der Waals surface area (Å²) in [7, 11) is 3.55. The summed E-state index contributed by atoms with van der Waals surface area (Å²) in [6, 6.07) is 9.86. The number of hydrogen-bond donors (Lipinski definition) is 0. The van der Waals surface area contributed by atoms with E-state index >= 15 is 0 Å². The van der Waals surface area contributed by atoms with Crippen LogP contribution in [0.4, 0.5) is 21.2 Å². The maximum Gasteiger partial charge on any atom is 0.419 e. The molecule has 2 aliphatic heterocycles. The number of likely N-dealkylation sites (N-methyl/N-ethyl adjacent to an activating group) is 1. The summed E-state index contributed by atoms with van der Waals surface area (Å²) in [5.41, 5.74) is 2.54. The monoisotopic (exact) mass is 370 g/mol. The van der Waals surface area contributed by atoms with Gasteiger partial charge in [-0.15, -0.1) is 11.3 Å². The largest absolute Gasteiger partial charge is 0.452 e. The molecule has 0 spiro atoms. The lowest BCUT2D eigenvalue weighted by Gasteiger charge is -2.34. The molecule has 6 nitrogen and oxygen atoms in total. The molecular formula is C19H22N4O2S. The Balaban J connectivity index is 1.89. The second kappa shape index (κ2) is 6.74. The van der Waals surface area contributed by atoms with Gasteiger partial charge in [0.25, 0.3) is 0 Å². The van der Waals surface area contributed by atoms with E-state index in [-0.39, 0.29) is 0 Å². The lowest BCUT2D eigenvalue weighted by Crippen LogP contribution is -2.47. The summed E-state index contributed by atoms with van der Waals surface area (Å²) in [5.74, 6) is 0.941. The summed E-state index contributed by atoms with van der Waals surface area (Å²) in [6.07, 6.45) is -0.393. The van der Waals surface area contributed by atoms with Crippen molar-refractivity contribution in [1.29, 1.82) is 0 Å². The Labute approximate surface area is 157 Å². The molecular weight excluding hydrogens is 348 g/mol. The van der Waals surface area contributed by atoms with Gasteiger partial charge in [-0.05, 0) is 32.2 Å². The van der Waals surface area contributed by atoms with Crippen LogP contribution in [0.5, 0.6) is 0 Å². The fourth-order valence-electron chi connectivity index (χ4n) is 3.39. The lowest BCUT2D eigenvalue weighted by molar-refractivity contribution is 0.182. The van der Waals surface area contributed by atoms with Crippen molar-refractivity contribution in [2.45, 2.75) is 6.92 Å². The third-order valence-corrected chi connectivity index (χ3v) is 5.82. The van der Waals surface area contributed by atoms with Crippen molar-refractivity contribution >= 4 is 39.6 Å². The molecule has 3 heterocycles. The Bertz CT molecular complexity index is 868. The van der Waals surface area contributed by atoms with Crippen LogP contribution in [-0.4, -0.2) is 62.1 Å². The standard InChI is InChI=1S/C19H22N4O2S/c1-13-12-14-17(22-10-8-21(2)9-11-22)20-15-6-4-5-7-16(15)23(18(14)26-13)19(24)25-3/h4-7,12H,8-11H2,1-3H3. The predicted molar refractivity (Wildman–Crippen MR) is 105 cm³/mol. The zero-order chi connectivity index (χ0) is 18.3. The van der Waals surface area contributed by atoms with E-state index in [2.05, 4.69) is 29.8 Å². The SMILES string of the molecule is COC(=O)N1c2ccccc2N=C(N2CCN(C)CC2)c2cc(C)sc21. The molecule has 0 unspecified atom stereocenters. The minimum absolute atomic E-state index is 0.393. The van der Waals surface area contributed by atoms with E-state index in [1.165, 1.54) is 7.11 Å². The molecule has 0 aliphatic carbocycles. The van der Waals surface area contributed by atoms with Crippen LogP contribution >= 0.6 is 11.3 Å². The molecule has 1 fully saturated rings. The van der Waals surface area contributed by atoms with Crippen LogP contribution in [0.3, 0.4) is 0 Å². The number of fused-ring (bicyclic) bond motifs is 2. The van der Waals surface area contributed by atoms with Gasteiger partial charge in [0.1, 0.15) is 10.8 Å². The highest BCUT2D eigenvalue weighted by atomic mass is 32.1. The molecule has 0 atom stereocenters. The molecule has 2 aromatic rings. The number of aliphatic imine (C=N–C) groups is 1. The van der Waals surface area contributed by atoms with E-state index in [4.69, 9.17) is 9.73 Å². The molecule has 4 rings (SSSR count). The molecule has 1 saturated heterocycles. The number of amides is 1. The van der Waals surface area contributed by atoms with Gasteiger partial charge in [0.05, 0.1) is 24.0 Å². The molecule has 26 heavy (non-hydrogen) atoms. The number of carbonyl (C=O) groups excluding carboxylic acids is 1. The average Bonchev–Trinajstić information content (AvgIpc) is 2.96. The molecule has 0 radical (unpaired) electrons. The second-order valence-corrected chi connectivity index (χ2v) is 7.83. The van der Waals surface area contributed by atoms with Gasteiger partial charge >= 0.3 is 6.09 Å². The first-order chi connectivity index (χ1) is 12.6. The number of amidine groups is 1. The third-order valence-electron chi connectivity index (χ3n) is 4.79. The van der Waals surface area contributed by atoms with E-state index in [0.717, 1.165) is 58.8 Å². The highest BCUT2D eigenvalue weighted by Gasteiger charge is 2.32. The summed E-state index contributed by atoms with van der Waals surface area (Å²) in [4.78, 5) is 25.0. The van der Waals surface area contributed by atoms with E-state index in [1.807, 2.05) is 24.3 Å². The van der Waals surface area contributed by atoms with Gasteiger partial charge in [0, 0.05) is 31.1 Å². The summed E-state index contributed by atoms with van der Waals surface area (Å²) < 4.78 is 5.09. The van der Waals surface area contributed by atoms with Crippen LogP contribution in [0.2, 0.25) is 0 Å². The smallest absolute Gasteiger partial charge is 0.419 e. The maximum atomic E-state index is 12.6. The van der Waals surface area contributed by atoms with E-state index in [9.17, 15) is 4.79 Å². The Morgan fingerprint density at radius 2 is 1.92 bits per heavy atom. The Morgan fingerprint density at radius 3 is 2.65 bits per heavy atom. The number of piperazine rings is 1. The summed E-state index contributed by atoms with van der Waals surface area (Å²) >= 11 is 1.59. The molecule has 1 amide bonds. The number of ether oxygens (including phenoxy) is 1. The normalized spacial score (nSPS) is 17.3. The van der Waals surface area contributed by atoms with Gasteiger partial charge < -0.3 is 14.5 Å². The van der Waals surface area contributed by atoms with Gasteiger partial charge in [-0.1, -0.05) is 12.1 Å². The third kappa shape index (κ3) is 2.87. The van der Waals surface area contributed by atoms with Crippen molar-refractivity contribution in [3.8, 4) is 0 Å². The van der Waals surface area contributed by atoms with Crippen molar-refractivity contribution in [3.63, 3.8) is 0 Å². The molecule has 0 saturated carbocycles. The van der Waals surface area contributed by atoms with Crippen LogP contribution in [-0.2, 0) is 4.74 Å². The number of benzene rings is 1. The second-order valence-electron chi connectivity index (χ2n) is 6.60. The van der Waals surface area contributed by atoms with Crippen molar-refractivity contribution in [2.24, 2.45) is 4.99 Å². The number of aryl methyl sites for hydroxylation is 1. The molecule has 1 aromatic carbocycles. The first-order valence-corrected chi connectivity index (χ1v) is 9.50. The van der Waals surface area contributed by atoms with Gasteiger partial charge in [-0.25, -0.2) is 14.7 Å². The molecule has 0 N–H and O–H groups in total. The van der Waals surface area contributed by atoms with Gasteiger partial charge in [-0.2, -0.15) is 0 Å². The quantitative estimate of drug-likeness (QED) is 0.711. The number of anilines is 2. The van der Waals surface area contributed by atoms with Crippen LogP contribution in [0, 0.1) is 6.92 Å².